The van der Waals surface area contributed by atoms with Gasteiger partial charge in [0, 0.05) is 16.8 Å². The Bertz CT molecular complexity index is 305. The first kappa shape index (κ1) is 22.5. The van der Waals surface area contributed by atoms with Crippen LogP contribution in [0.5, 0.6) is 0 Å². The fourth-order valence-corrected chi connectivity index (χ4v) is 0.608. The van der Waals surface area contributed by atoms with E-state index >= 15 is 0 Å². The van der Waals surface area contributed by atoms with E-state index in [-0.39, 0.29) is 29.6 Å². The zero-order valence-corrected chi connectivity index (χ0v) is 10.8. The minimum atomic E-state index is -1.21. The number of hydrogen-bond acceptors (Lipinski definition) is 6. The molecule has 0 aromatic carbocycles. The van der Waals surface area contributed by atoms with E-state index < -0.39 is 35.8 Å². The topological polar surface area (TPSA) is 213 Å². The molecule has 2 unspecified atom stereocenters. The van der Waals surface area contributed by atoms with Gasteiger partial charge in [-0.2, -0.15) is 0 Å². The molecule has 0 rings (SSSR count). The van der Waals surface area contributed by atoms with Crippen LogP contribution < -0.4 is 22.9 Å². The molecule has 0 bridgehead atoms. The van der Waals surface area contributed by atoms with Crippen LogP contribution in [-0.2, 0) is 36.0 Å². The van der Waals surface area contributed by atoms with Crippen LogP contribution in [0.2, 0.25) is 0 Å². The van der Waals surface area contributed by atoms with Gasteiger partial charge in [-0.3, -0.25) is 19.2 Å². The SMILES string of the molecule is NC(=O)CC(N)C(=O)O.NC(=O)CC(N)C(=O)O.[Co]. The third-order valence-corrected chi connectivity index (χ3v) is 1.48. The van der Waals surface area contributed by atoms with Gasteiger partial charge in [-0.15, -0.1) is 0 Å². The van der Waals surface area contributed by atoms with Crippen molar-refractivity contribution in [1.29, 1.82) is 0 Å². The minimum Gasteiger partial charge on any atom is -0.480 e. The Hall–Kier alpha value is -1.69. The summed E-state index contributed by atoms with van der Waals surface area (Å²) < 4.78 is 0. The van der Waals surface area contributed by atoms with Crippen LogP contribution in [0.1, 0.15) is 12.8 Å². The molecule has 2 amide bonds. The van der Waals surface area contributed by atoms with E-state index in [2.05, 4.69) is 11.5 Å². The second-order valence-electron chi connectivity index (χ2n) is 3.23. The van der Waals surface area contributed by atoms with Gasteiger partial charge in [-0.25, -0.2) is 0 Å². The second-order valence-corrected chi connectivity index (χ2v) is 3.23. The van der Waals surface area contributed by atoms with Gasteiger partial charge in [0.1, 0.15) is 12.1 Å². The Balaban J connectivity index is -0.000000256. The summed E-state index contributed by atoms with van der Waals surface area (Å²) >= 11 is 0. The number of carboxylic acids is 2. The van der Waals surface area contributed by atoms with Crippen molar-refractivity contribution < 1.29 is 46.2 Å². The molecule has 0 aromatic heterocycles. The van der Waals surface area contributed by atoms with E-state index in [0.717, 1.165) is 0 Å². The summed E-state index contributed by atoms with van der Waals surface area (Å²) in [6.45, 7) is 0. The summed E-state index contributed by atoms with van der Waals surface area (Å²) in [4.78, 5) is 39.8. The van der Waals surface area contributed by atoms with E-state index in [4.69, 9.17) is 21.7 Å². The van der Waals surface area contributed by atoms with Crippen molar-refractivity contribution in [2.75, 3.05) is 0 Å². The van der Waals surface area contributed by atoms with Gasteiger partial charge in [0.25, 0.3) is 0 Å². The van der Waals surface area contributed by atoms with Crippen LogP contribution in [0.25, 0.3) is 0 Å². The number of carboxylic acid groups (broad SMARTS) is 2. The molecule has 0 spiro atoms. The Labute approximate surface area is 118 Å². The summed E-state index contributed by atoms with van der Waals surface area (Å²) in [6.07, 6.45) is -0.620. The smallest absolute Gasteiger partial charge is 0.321 e. The maximum atomic E-state index is 9.99. The molecule has 0 aliphatic heterocycles. The molecular formula is C8H16CoN4O6. The number of carbonyl (C=O) groups excluding carboxylic acids is 2. The molecule has 0 aromatic rings. The maximum absolute atomic E-state index is 9.99. The molecule has 0 aliphatic rings. The minimum absolute atomic E-state index is 0. The molecule has 113 valence electrons. The number of nitrogens with two attached hydrogens (primary N) is 4. The second kappa shape index (κ2) is 11.4. The zero-order valence-electron chi connectivity index (χ0n) is 9.74. The molecule has 10 N–H and O–H groups in total. The fraction of sp³-hybridized carbons (Fsp3) is 0.500. The van der Waals surface area contributed by atoms with Gasteiger partial charge < -0.3 is 33.1 Å². The van der Waals surface area contributed by atoms with Crippen LogP contribution >= 0.6 is 0 Å². The number of carbonyl (C=O) groups is 4. The van der Waals surface area contributed by atoms with Crippen molar-refractivity contribution in [1.82, 2.24) is 0 Å². The van der Waals surface area contributed by atoms with Crippen LogP contribution in [0.15, 0.2) is 0 Å². The fourth-order valence-electron chi connectivity index (χ4n) is 0.608. The molecule has 0 saturated carbocycles. The van der Waals surface area contributed by atoms with Crippen molar-refractivity contribution in [3.8, 4) is 0 Å². The predicted molar refractivity (Wildman–Crippen MR) is 58.8 cm³/mol. The van der Waals surface area contributed by atoms with Crippen molar-refractivity contribution in [2.45, 2.75) is 24.9 Å². The van der Waals surface area contributed by atoms with Crippen molar-refractivity contribution in [3.05, 3.63) is 0 Å². The van der Waals surface area contributed by atoms with Crippen molar-refractivity contribution in [3.63, 3.8) is 0 Å². The number of hydrogen-bond donors (Lipinski definition) is 6. The number of amides is 2. The molecule has 0 heterocycles. The van der Waals surface area contributed by atoms with Crippen LogP contribution in [0, 0.1) is 0 Å². The van der Waals surface area contributed by atoms with E-state index in [1.54, 1.807) is 0 Å². The molecule has 1 radical (unpaired) electrons. The molecule has 11 heteroatoms. The van der Waals surface area contributed by atoms with Crippen molar-refractivity contribution >= 4 is 23.8 Å². The standard InChI is InChI=1S/2C4H8N2O3.Co/c2*5-2(4(8)9)1-3(6)7;/h2*2H,1,5H2,(H2,6,7)(H,8,9);. The molecule has 19 heavy (non-hydrogen) atoms. The first-order chi connectivity index (χ1) is 8.07. The van der Waals surface area contributed by atoms with E-state index in [0.29, 0.717) is 0 Å². The Morgan fingerprint density at radius 1 is 0.789 bits per heavy atom. The summed E-state index contributed by atoms with van der Waals surface area (Å²) in [7, 11) is 0. The number of rotatable bonds is 6. The first-order valence-electron chi connectivity index (χ1n) is 4.61. The quantitative estimate of drug-likeness (QED) is 0.288. The van der Waals surface area contributed by atoms with E-state index in [9.17, 15) is 19.2 Å². The number of primary amides is 2. The van der Waals surface area contributed by atoms with Crippen LogP contribution in [0.4, 0.5) is 0 Å². The molecule has 2 atom stereocenters. The summed E-state index contributed by atoms with van der Waals surface area (Å²) in [5.74, 6) is -3.84. The molecule has 0 fully saturated rings. The van der Waals surface area contributed by atoms with Gasteiger partial charge >= 0.3 is 11.9 Å². The number of aliphatic carboxylic acids is 2. The molecule has 10 nitrogen and oxygen atoms in total. The average Bonchev–Trinajstić information content (AvgIpc) is 2.16. The van der Waals surface area contributed by atoms with Crippen molar-refractivity contribution in [2.24, 2.45) is 22.9 Å². The first-order valence-corrected chi connectivity index (χ1v) is 4.61. The van der Waals surface area contributed by atoms with Gasteiger partial charge in [-0.05, 0) is 0 Å². The van der Waals surface area contributed by atoms with Crippen LogP contribution in [0.3, 0.4) is 0 Å². The average molecular weight is 323 g/mol. The van der Waals surface area contributed by atoms with E-state index in [1.165, 1.54) is 0 Å². The van der Waals surface area contributed by atoms with Gasteiger partial charge in [0.15, 0.2) is 0 Å². The third-order valence-electron chi connectivity index (χ3n) is 1.48. The van der Waals surface area contributed by atoms with Gasteiger partial charge in [0.2, 0.25) is 11.8 Å². The predicted octanol–water partition coefficient (Wildman–Crippen LogP) is -3.46. The third kappa shape index (κ3) is 16.3. The summed E-state index contributed by atoms with van der Waals surface area (Å²) in [6, 6.07) is -2.33. The monoisotopic (exact) mass is 323 g/mol. The molecular weight excluding hydrogens is 307 g/mol. The molecule has 0 saturated heterocycles. The normalized spacial score (nSPS) is 11.9. The zero-order chi connectivity index (χ0) is 14.9. The summed E-state index contributed by atoms with van der Waals surface area (Å²) in [5, 5.41) is 16.2. The Morgan fingerprint density at radius 2 is 1.00 bits per heavy atom. The summed E-state index contributed by atoms with van der Waals surface area (Å²) in [5.41, 5.74) is 19.1. The van der Waals surface area contributed by atoms with Crippen LogP contribution in [-0.4, -0.2) is 46.0 Å². The largest absolute Gasteiger partial charge is 0.480 e. The Kier molecular flexibility index (Phi) is 13.5. The maximum Gasteiger partial charge on any atom is 0.321 e. The van der Waals surface area contributed by atoms with Gasteiger partial charge in [0.05, 0.1) is 12.8 Å². The Morgan fingerprint density at radius 3 is 1.05 bits per heavy atom. The van der Waals surface area contributed by atoms with E-state index in [1.807, 2.05) is 0 Å². The van der Waals surface area contributed by atoms with Gasteiger partial charge in [-0.1, -0.05) is 0 Å². The molecule has 0 aliphatic carbocycles.